The van der Waals surface area contributed by atoms with Gasteiger partial charge < -0.3 is 25.2 Å². The van der Waals surface area contributed by atoms with Crippen LogP contribution in [0, 0.1) is 0 Å². The molecule has 2 heterocycles. The summed E-state index contributed by atoms with van der Waals surface area (Å²) in [6.07, 6.45) is 2.28. The van der Waals surface area contributed by atoms with Gasteiger partial charge in [-0.05, 0) is 6.92 Å². The largest absolute Gasteiger partial charge is 0.480 e. The number of anilines is 1. The second-order valence-corrected chi connectivity index (χ2v) is 4.91. The molecule has 1 aromatic rings. The zero-order valence-corrected chi connectivity index (χ0v) is 11.6. The van der Waals surface area contributed by atoms with Crippen LogP contribution in [0.25, 0.3) is 0 Å². The van der Waals surface area contributed by atoms with Crippen LogP contribution in [-0.4, -0.2) is 68.8 Å². The maximum Gasteiger partial charge on any atom is 0.325 e. The Morgan fingerprint density at radius 3 is 2.95 bits per heavy atom. The van der Waals surface area contributed by atoms with E-state index in [4.69, 9.17) is 14.9 Å². The summed E-state index contributed by atoms with van der Waals surface area (Å²) < 4.78 is 6.68. The Bertz CT molecular complexity index is 518. The Hall–Kier alpha value is -2.13. The van der Waals surface area contributed by atoms with E-state index in [1.807, 2.05) is 6.92 Å². The summed E-state index contributed by atoms with van der Waals surface area (Å²) in [4.78, 5) is 24.2. The Balaban J connectivity index is 1.94. The second kappa shape index (κ2) is 6.55. The first kappa shape index (κ1) is 15.3. The zero-order valence-electron chi connectivity index (χ0n) is 11.6. The van der Waals surface area contributed by atoms with Gasteiger partial charge in [0.1, 0.15) is 6.54 Å². The average molecular weight is 298 g/mol. The molecule has 0 saturated carbocycles. The van der Waals surface area contributed by atoms with Gasteiger partial charge in [-0.25, -0.2) is 4.79 Å². The van der Waals surface area contributed by atoms with Gasteiger partial charge in [0.25, 0.3) is 0 Å². The zero-order chi connectivity index (χ0) is 15.4. The summed E-state index contributed by atoms with van der Waals surface area (Å²) in [6.45, 7) is 2.14. The van der Waals surface area contributed by atoms with Gasteiger partial charge in [0.2, 0.25) is 0 Å². The maximum atomic E-state index is 12.1. The standard InChI is InChI=1S/C12H18N4O5/c1-8-3-15(5-10(7-17)21-8)12(20)14-9-2-13-16(4-9)6-11(18)19/h2,4,8,10,17H,3,5-7H2,1H3,(H,14,20)(H,18,19). The lowest BCUT2D eigenvalue weighted by Crippen LogP contribution is -2.51. The van der Waals surface area contributed by atoms with Gasteiger partial charge in [0.15, 0.2) is 0 Å². The van der Waals surface area contributed by atoms with Gasteiger partial charge in [-0.2, -0.15) is 5.10 Å². The molecule has 2 amide bonds. The van der Waals surface area contributed by atoms with Crippen molar-refractivity contribution in [3.8, 4) is 0 Å². The Morgan fingerprint density at radius 2 is 2.29 bits per heavy atom. The number of hydrogen-bond acceptors (Lipinski definition) is 5. The number of urea groups is 1. The van der Waals surface area contributed by atoms with Crippen molar-refractivity contribution in [3.05, 3.63) is 12.4 Å². The molecule has 1 fully saturated rings. The highest BCUT2D eigenvalue weighted by Gasteiger charge is 2.28. The van der Waals surface area contributed by atoms with Crippen LogP contribution >= 0.6 is 0 Å². The molecule has 1 aliphatic rings. The highest BCUT2D eigenvalue weighted by Crippen LogP contribution is 2.13. The predicted molar refractivity (Wildman–Crippen MR) is 71.9 cm³/mol. The third kappa shape index (κ3) is 4.17. The van der Waals surface area contributed by atoms with E-state index in [-0.39, 0.29) is 25.3 Å². The molecule has 21 heavy (non-hydrogen) atoms. The maximum absolute atomic E-state index is 12.1. The molecule has 0 aromatic carbocycles. The van der Waals surface area contributed by atoms with E-state index in [2.05, 4.69) is 10.4 Å². The molecule has 3 N–H and O–H groups in total. The minimum atomic E-state index is -1.01. The Kier molecular flexibility index (Phi) is 4.76. The fourth-order valence-electron chi connectivity index (χ4n) is 2.17. The molecule has 9 nitrogen and oxygen atoms in total. The van der Waals surface area contributed by atoms with Crippen molar-refractivity contribution in [1.82, 2.24) is 14.7 Å². The normalized spacial score (nSPS) is 22.1. The van der Waals surface area contributed by atoms with Crippen molar-refractivity contribution in [3.63, 3.8) is 0 Å². The number of nitrogens with one attached hydrogen (secondary N) is 1. The number of carboxylic acid groups (broad SMARTS) is 1. The Morgan fingerprint density at radius 1 is 1.52 bits per heavy atom. The lowest BCUT2D eigenvalue weighted by atomic mass is 10.2. The first-order valence-electron chi connectivity index (χ1n) is 6.54. The van der Waals surface area contributed by atoms with E-state index in [0.717, 1.165) is 0 Å². The van der Waals surface area contributed by atoms with Crippen LogP contribution in [-0.2, 0) is 16.1 Å². The van der Waals surface area contributed by atoms with Crippen LogP contribution in [0.1, 0.15) is 6.92 Å². The number of aliphatic carboxylic acids is 1. The summed E-state index contributed by atoms with van der Waals surface area (Å²) in [5, 5.41) is 24.3. The number of aromatic nitrogens is 2. The lowest BCUT2D eigenvalue weighted by molar-refractivity contribution is -0.137. The van der Waals surface area contributed by atoms with Gasteiger partial charge in [-0.3, -0.25) is 9.48 Å². The predicted octanol–water partition coefficient (Wildman–Crippen LogP) is -0.419. The lowest BCUT2D eigenvalue weighted by Gasteiger charge is -2.35. The number of hydrogen-bond donors (Lipinski definition) is 3. The minimum absolute atomic E-state index is 0.148. The van der Waals surface area contributed by atoms with Gasteiger partial charge in [0.05, 0.1) is 37.2 Å². The minimum Gasteiger partial charge on any atom is -0.480 e. The number of aliphatic hydroxyl groups is 1. The number of aliphatic hydroxyl groups excluding tert-OH is 1. The smallest absolute Gasteiger partial charge is 0.325 e. The number of carbonyl (C=O) groups excluding carboxylic acids is 1. The van der Waals surface area contributed by atoms with Crippen molar-refractivity contribution in [2.24, 2.45) is 0 Å². The fourth-order valence-corrected chi connectivity index (χ4v) is 2.17. The number of carbonyl (C=O) groups is 2. The highest BCUT2D eigenvalue weighted by molar-refractivity contribution is 5.89. The van der Waals surface area contributed by atoms with E-state index in [9.17, 15) is 9.59 Å². The van der Waals surface area contributed by atoms with Crippen molar-refractivity contribution in [2.75, 3.05) is 25.0 Å². The van der Waals surface area contributed by atoms with Crippen molar-refractivity contribution in [1.29, 1.82) is 0 Å². The average Bonchev–Trinajstić information content (AvgIpc) is 2.84. The van der Waals surface area contributed by atoms with Crippen molar-refractivity contribution < 1.29 is 24.5 Å². The summed E-state index contributed by atoms with van der Waals surface area (Å²) in [6, 6.07) is -0.335. The van der Waals surface area contributed by atoms with E-state index >= 15 is 0 Å². The number of amides is 2. The van der Waals surface area contributed by atoms with Crippen LogP contribution in [0.5, 0.6) is 0 Å². The van der Waals surface area contributed by atoms with Gasteiger partial charge in [-0.15, -0.1) is 0 Å². The summed E-state index contributed by atoms with van der Waals surface area (Å²) >= 11 is 0. The molecule has 1 aromatic heterocycles. The molecule has 2 unspecified atom stereocenters. The van der Waals surface area contributed by atoms with E-state index < -0.39 is 12.1 Å². The first-order valence-corrected chi connectivity index (χ1v) is 6.54. The second-order valence-electron chi connectivity index (χ2n) is 4.91. The van der Waals surface area contributed by atoms with Crippen LogP contribution < -0.4 is 5.32 Å². The highest BCUT2D eigenvalue weighted by atomic mass is 16.5. The first-order chi connectivity index (χ1) is 9.97. The quantitative estimate of drug-likeness (QED) is 0.695. The van der Waals surface area contributed by atoms with Gasteiger partial charge in [-0.1, -0.05) is 0 Å². The topological polar surface area (TPSA) is 117 Å². The molecule has 0 aliphatic carbocycles. The molecule has 0 radical (unpaired) electrons. The van der Waals surface area contributed by atoms with Crippen molar-refractivity contribution in [2.45, 2.75) is 25.7 Å². The number of carboxylic acids is 1. The molecule has 116 valence electrons. The van der Waals surface area contributed by atoms with E-state index in [1.165, 1.54) is 17.1 Å². The monoisotopic (exact) mass is 298 g/mol. The number of ether oxygens (including phenoxy) is 1. The molecular weight excluding hydrogens is 280 g/mol. The van der Waals surface area contributed by atoms with Crippen molar-refractivity contribution >= 4 is 17.7 Å². The van der Waals surface area contributed by atoms with Gasteiger partial charge >= 0.3 is 12.0 Å². The van der Waals surface area contributed by atoms with Crippen LogP contribution in [0.4, 0.5) is 10.5 Å². The number of morpholine rings is 1. The summed E-state index contributed by atoms with van der Waals surface area (Å²) in [7, 11) is 0. The SMILES string of the molecule is CC1CN(C(=O)Nc2cnn(CC(=O)O)c2)CC(CO)O1. The van der Waals surface area contributed by atoms with Crippen LogP contribution in [0.3, 0.4) is 0 Å². The van der Waals surface area contributed by atoms with Crippen LogP contribution in [0.2, 0.25) is 0 Å². The summed E-state index contributed by atoms with van der Waals surface area (Å²) in [5.74, 6) is -1.01. The molecule has 1 saturated heterocycles. The Labute approximate surface area is 121 Å². The molecular formula is C12H18N4O5. The third-order valence-corrected chi connectivity index (χ3v) is 3.00. The molecule has 0 spiro atoms. The number of nitrogens with zero attached hydrogens (tertiary/aromatic N) is 3. The molecule has 2 rings (SSSR count). The molecule has 9 heteroatoms. The number of rotatable bonds is 4. The van der Waals surface area contributed by atoms with E-state index in [0.29, 0.717) is 18.8 Å². The van der Waals surface area contributed by atoms with E-state index in [1.54, 1.807) is 4.90 Å². The molecule has 2 atom stereocenters. The molecule has 0 bridgehead atoms. The third-order valence-electron chi connectivity index (χ3n) is 3.00. The van der Waals surface area contributed by atoms with Crippen LogP contribution in [0.15, 0.2) is 12.4 Å². The summed E-state index contributed by atoms with van der Waals surface area (Å²) in [5.41, 5.74) is 0.418. The van der Waals surface area contributed by atoms with Gasteiger partial charge in [0, 0.05) is 12.7 Å². The fraction of sp³-hybridized carbons (Fsp3) is 0.583. The molecule has 1 aliphatic heterocycles.